The fourth-order valence-electron chi connectivity index (χ4n) is 11.1. The van der Waals surface area contributed by atoms with Crippen molar-refractivity contribution in [2.45, 2.75) is 103 Å². The molecule has 8 aromatic rings. The lowest BCUT2D eigenvalue weighted by Gasteiger charge is -2.30. The third-order valence-electron chi connectivity index (χ3n) is 14.6. The zero-order valence-electron chi connectivity index (χ0n) is 41.4. The number of rotatable bonds is 12. The van der Waals surface area contributed by atoms with Crippen molar-refractivity contribution < 1.29 is 40.9 Å². The minimum absolute atomic E-state index is 0.253. The molecular formula is C64H64O8. The number of fused-ring (bicyclic) bond motifs is 8. The van der Waals surface area contributed by atoms with Crippen molar-refractivity contribution in [3.8, 4) is 46.0 Å². The van der Waals surface area contributed by atoms with E-state index in [1.165, 1.54) is 24.3 Å². The van der Waals surface area contributed by atoms with Crippen LogP contribution in [0.3, 0.4) is 0 Å². The molecule has 1 aliphatic rings. The van der Waals surface area contributed by atoms with Gasteiger partial charge in [0.25, 0.3) is 0 Å². The molecule has 368 valence electrons. The highest BCUT2D eigenvalue weighted by Gasteiger charge is 2.35. The van der Waals surface area contributed by atoms with E-state index in [0.29, 0.717) is 66.8 Å². The number of phenols is 8. The SMILES string of the molecule is CCCc1ccc([C@H]2c3cc(c(O)cc3O)[C@@H](c3ccc(CCC)cc3)c3cc(c(O)cc3O)[C@@H](c3ccc(CCC)cc3)c3cc(c(O)cc3O)[C@@H](c3ccc(CCC)cc3)c3cc2c(O)cc3O)cc1. The molecule has 0 saturated heterocycles. The molecule has 0 atom stereocenters. The predicted molar refractivity (Wildman–Crippen MR) is 285 cm³/mol. The highest BCUT2D eigenvalue weighted by atomic mass is 16.3. The van der Waals surface area contributed by atoms with Gasteiger partial charge in [-0.15, -0.1) is 0 Å². The topological polar surface area (TPSA) is 162 Å². The predicted octanol–water partition coefficient (Wildman–Crippen LogP) is 14.2. The maximum absolute atomic E-state index is 12.2. The van der Waals surface area contributed by atoms with Crippen LogP contribution in [0.15, 0.2) is 146 Å². The summed E-state index contributed by atoms with van der Waals surface area (Å²) in [6, 6.07) is 44.0. The van der Waals surface area contributed by atoms with Gasteiger partial charge in [-0.1, -0.05) is 150 Å². The minimum Gasteiger partial charge on any atom is -0.507 e. The van der Waals surface area contributed by atoms with Crippen LogP contribution >= 0.6 is 0 Å². The first-order chi connectivity index (χ1) is 34.8. The monoisotopic (exact) mass is 960 g/mol. The second-order valence-corrected chi connectivity index (χ2v) is 19.6. The van der Waals surface area contributed by atoms with E-state index in [0.717, 1.165) is 73.6 Å². The van der Waals surface area contributed by atoms with E-state index >= 15 is 0 Å². The molecular weight excluding hydrogens is 897 g/mol. The molecule has 0 amide bonds. The van der Waals surface area contributed by atoms with Crippen LogP contribution in [0, 0.1) is 0 Å². The second kappa shape index (κ2) is 20.9. The van der Waals surface area contributed by atoms with E-state index in [1.807, 2.05) is 97.1 Å². The van der Waals surface area contributed by atoms with Crippen molar-refractivity contribution in [2.75, 3.05) is 0 Å². The molecule has 0 heterocycles. The summed E-state index contributed by atoms with van der Waals surface area (Å²) in [5.74, 6) is -5.63. The number of benzene rings is 8. The van der Waals surface area contributed by atoms with Crippen LogP contribution in [0.2, 0.25) is 0 Å². The molecule has 8 N–H and O–H groups in total. The van der Waals surface area contributed by atoms with Crippen LogP contribution in [-0.2, 0) is 25.7 Å². The minimum atomic E-state index is -0.902. The molecule has 72 heavy (non-hydrogen) atoms. The van der Waals surface area contributed by atoms with Crippen molar-refractivity contribution in [1.82, 2.24) is 0 Å². The Bertz CT molecular complexity index is 2670. The van der Waals surface area contributed by atoms with Crippen LogP contribution in [0.5, 0.6) is 46.0 Å². The standard InChI is InChI=1S/C64H64O8/c1-5-9-37-13-21-41(22-14-37)61-45-29-47(55(67)33-53(45)65)62(42-23-15-38(10-6-2)16-24-42)49-31-51(59(71)35-57(49)69)64(44-27-19-40(12-8-4)20-28-44)52-32-50(58(70)36-60(52)72)63(43-25-17-39(11-7-3)18-26-43)48-30-46(61)54(66)34-56(48)68/h13-36,61-72H,5-12H2,1-4H3/t61-,62+,63-,64+. The van der Waals surface area contributed by atoms with Crippen LogP contribution in [0.25, 0.3) is 0 Å². The molecule has 8 nitrogen and oxygen atoms in total. The summed E-state index contributed by atoms with van der Waals surface area (Å²) >= 11 is 0. The van der Waals surface area contributed by atoms with Crippen molar-refractivity contribution in [3.05, 3.63) is 235 Å². The molecule has 0 saturated carbocycles. The lowest BCUT2D eigenvalue weighted by molar-refractivity contribution is 0.431. The highest BCUT2D eigenvalue weighted by Crippen LogP contribution is 2.54. The normalized spacial score (nSPS) is 16.4. The molecule has 0 unspecified atom stereocenters. The summed E-state index contributed by atoms with van der Waals surface area (Å²) in [6.07, 6.45) is 7.08. The molecule has 0 spiro atoms. The summed E-state index contributed by atoms with van der Waals surface area (Å²) in [5.41, 5.74) is 9.86. The summed E-state index contributed by atoms with van der Waals surface area (Å²) in [6.45, 7) is 8.44. The fourth-order valence-corrected chi connectivity index (χ4v) is 11.1. The van der Waals surface area contributed by atoms with Gasteiger partial charge < -0.3 is 40.9 Å². The Morgan fingerprint density at radius 3 is 0.528 bits per heavy atom. The summed E-state index contributed by atoms with van der Waals surface area (Å²) in [5, 5.41) is 97.6. The molecule has 8 aromatic carbocycles. The average molecular weight is 961 g/mol. The zero-order chi connectivity index (χ0) is 50.8. The van der Waals surface area contributed by atoms with E-state index in [9.17, 15) is 40.9 Å². The number of hydrogen-bond donors (Lipinski definition) is 8. The van der Waals surface area contributed by atoms with Crippen molar-refractivity contribution >= 4 is 0 Å². The first kappa shape index (κ1) is 49.2. The van der Waals surface area contributed by atoms with Gasteiger partial charge in [0.2, 0.25) is 0 Å². The van der Waals surface area contributed by atoms with Crippen molar-refractivity contribution in [2.24, 2.45) is 0 Å². The molecule has 0 aliphatic heterocycles. The molecule has 0 radical (unpaired) electrons. The highest BCUT2D eigenvalue weighted by molar-refractivity contribution is 5.67. The number of phenolic OH excluding ortho intramolecular Hbond substituents is 8. The molecule has 8 bridgehead atoms. The van der Waals surface area contributed by atoms with Crippen LogP contribution in [0.1, 0.15) is 166 Å². The van der Waals surface area contributed by atoms with E-state index in [1.54, 1.807) is 24.3 Å². The van der Waals surface area contributed by atoms with E-state index in [2.05, 4.69) is 27.7 Å². The molecule has 0 aromatic heterocycles. The number of aryl methyl sites for hydroxylation is 4. The first-order valence-electron chi connectivity index (χ1n) is 25.4. The molecule has 8 heteroatoms. The number of hydrogen-bond acceptors (Lipinski definition) is 8. The Kier molecular flexibility index (Phi) is 14.2. The van der Waals surface area contributed by atoms with E-state index in [4.69, 9.17) is 0 Å². The third kappa shape index (κ3) is 9.53. The average Bonchev–Trinajstić information content (AvgIpc) is 3.36. The van der Waals surface area contributed by atoms with Gasteiger partial charge in [-0.2, -0.15) is 0 Å². The third-order valence-corrected chi connectivity index (χ3v) is 14.6. The van der Waals surface area contributed by atoms with Gasteiger partial charge in [-0.3, -0.25) is 0 Å². The fraction of sp³-hybridized carbons (Fsp3) is 0.250. The van der Waals surface area contributed by atoms with Gasteiger partial charge in [-0.25, -0.2) is 0 Å². The van der Waals surface area contributed by atoms with Gasteiger partial charge in [0.15, 0.2) is 0 Å². The smallest absolute Gasteiger partial charge is 0.123 e. The van der Waals surface area contributed by atoms with E-state index in [-0.39, 0.29) is 46.0 Å². The second-order valence-electron chi connectivity index (χ2n) is 19.6. The summed E-state index contributed by atoms with van der Waals surface area (Å²) in [4.78, 5) is 0. The first-order valence-corrected chi connectivity index (χ1v) is 25.4. The summed E-state index contributed by atoms with van der Waals surface area (Å²) in [7, 11) is 0. The molecule has 9 rings (SSSR count). The van der Waals surface area contributed by atoms with Gasteiger partial charge in [0.05, 0.1) is 0 Å². The molecule has 1 aliphatic carbocycles. The number of aromatic hydroxyl groups is 8. The maximum Gasteiger partial charge on any atom is 0.123 e. The van der Waals surface area contributed by atoms with Crippen LogP contribution in [0.4, 0.5) is 0 Å². The van der Waals surface area contributed by atoms with E-state index < -0.39 is 23.7 Å². The van der Waals surface area contributed by atoms with Gasteiger partial charge >= 0.3 is 0 Å². The Hall–Kier alpha value is -7.84. The maximum atomic E-state index is 12.2. The lowest BCUT2D eigenvalue weighted by Crippen LogP contribution is -2.13. The lowest BCUT2D eigenvalue weighted by atomic mass is 9.75. The van der Waals surface area contributed by atoms with Gasteiger partial charge in [0, 0.05) is 92.4 Å². The Morgan fingerprint density at radius 1 is 0.236 bits per heavy atom. The Balaban J connectivity index is 1.44. The van der Waals surface area contributed by atoms with Gasteiger partial charge in [-0.05, 0) is 94.5 Å². The van der Waals surface area contributed by atoms with Gasteiger partial charge in [0.1, 0.15) is 46.0 Å². The van der Waals surface area contributed by atoms with Crippen LogP contribution < -0.4 is 0 Å². The largest absolute Gasteiger partial charge is 0.507 e. The molecule has 0 fully saturated rings. The quantitative estimate of drug-likeness (QED) is 0.0600. The summed E-state index contributed by atoms with van der Waals surface area (Å²) < 4.78 is 0. The Labute approximate surface area is 422 Å². The van der Waals surface area contributed by atoms with Crippen molar-refractivity contribution in [1.29, 1.82) is 0 Å². The Morgan fingerprint density at radius 2 is 0.389 bits per heavy atom. The van der Waals surface area contributed by atoms with Crippen LogP contribution in [-0.4, -0.2) is 40.9 Å². The zero-order valence-corrected chi connectivity index (χ0v) is 41.4. The van der Waals surface area contributed by atoms with Crippen molar-refractivity contribution in [3.63, 3.8) is 0 Å².